The molecule has 2 amide bonds. The summed E-state index contributed by atoms with van der Waals surface area (Å²) in [5.74, 6) is 0.423. The molecule has 0 aliphatic heterocycles. The quantitative estimate of drug-likeness (QED) is 0.276. The van der Waals surface area contributed by atoms with Gasteiger partial charge in [0.2, 0.25) is 11.7 Å². The average molecular weight is 600 g/mol. The van der Waals surface area contributed by atoms with Crippen molar-refractivity contribution < 1.29 is 28.2 Å². The second-order valence-corrected chi connectivity index (χ2v) is 11.1. The van der Waals surface area contributed by atoms with E-state index in [-0.39, 0.29) is 36.7 Å². The van der Waals surface area contributed by atoms with Crippen LogP contribution in [0.25, 0.3) is 17.2 Å². The van der Waals surface area contributed by atoms with E-state index in [0.29, 0.717) is 29.4 Å². The number of hydrogen-bond donors (Lipinski definition) is 2. The number of carbonyl (C=O) groups excluding carboxylic acids is 2. The number of benzene rings is 2. The first kappa shape index (κ1) is 30.8. The number of methoxy groups -OCH3 is 2. The van der Waals surface area contributed by atoms with E-state index in [1.54, 1.807) is 24.4 Å². The number of amides is 2. The van der Waals surface area contributed by atoms with E-state index in [0.717, 1.165) is 59.2 Å². The molecule has 3 aromatic rings. The smallest absolute Gasteiger partial charge is 0.258 e. The second-order valence-electron chi connectivity index (χ2n) is 11.1. The molecule has 8 nitrogen and oxygen atoms in total. The van der Waals surface area contributed by atoms with Gasteiger partial charge in [0.25, 0.3) is 5.91 Å². The molecule has 1 heterocycles. The molecular weight excluding hydrogens is 561 g/mol. The Kier molecular flexibility index (Phi) is 9.94. The van der Waals surface area contributed by atoms with Crippen molar-refractivity contribution in [2.75, 3.05) is 20.8 Å². The third-order valence-corrected chi connectivity index (χ3v) is 8.10. The topological polar surface area (TPSA) is 98.8 Å². The zero-order valence-electron chi connectivity index (χ0n) is 25.4. The van der Waals surface area contributed by atoms with Gasteiger partial charge in [0.05, 0.1) is 32.9 Å². The lowest BCUT2D eigenvalue weighted by Crippen LogP contribution is -2.39. The Balaban J connectivity index is 1.38. The normalized spacial score (nSPS) is 15.6. The van der Waals surface area contributed by atoms with Crippen LogP contribution in [0.3, 0.4) is 0 Å². The van der Waals surface area contributed by atoms with E-state index in [1.165, 1.54) is 32.8 Å². The van der Waals surface area contributed by atoms with Gasteiger partial charge >= 0.3 is 0 Å². The van der Waals surface area contributed by atoms with Crippen LogP contribution in [0.5, 0.6) is 17.2 Å². The third kappa shape index (κ3) is 7.27. The fraction of sp³-hybridized carbons (Fsp3) is 0.343. The summed E-state index contributed by atoms with van der Waals surface area (Å²) in [7, 11) is 3.06. The maximum atomic E-state index is 14.4. The van der Waals surface area contributed by atoms with Gasteiger partial charge in [-0.3, -0.25) is 14.6 Å². The summed E-state index contributed by atoms with van der Waals surface area (Å²) in [6.45, 7) is 2.08. The van der Waals surface area contributed by atoms with Crippen LogP contribution >= 0.6 is 0 Å². The van der Waals surface area contributed by atoms with E-state index in [9.17, 15) is 14.0 Å². The van der Waals surface area contributed by atoms with Crippen molar-refractivity contribution in [3.05, 3.63) is 88.5 Å². The van der Waals surface area contributed by atoms with E-state index in [2.05, 4.69) is 15.6 Å². The molecule has 2 aliphatic rings. The molecule has 44 heavy (non-hydrogen) atoms. The van der Waals surface area contributed by atoms with Crippen molar-refractivity contribution >= 4 is 29.0 Å². The molecule has 0 spiro atoms. The first-order valence-electron chi connectivity index (χ1n) is 14.9. The highest BCUT2D eigenvalue weighted by molar-refractivity contribution is 6.08. The molecule has 0 atom stereocenters. The van der Waals surface area contributed by atoms with Crippen LogP contribution in [0.2, 0.25) is 0 Å². The van der Waals surface area contributed by atoms with Crippen molar-refractivity contribution in [3.8, 4) is 17.2 Å². The SMILES string of the molecule is COc1cc(/C=C2/C(C)=C(CC(=O)NCc3ccccn3)c3cc(F)ccc32)cc(OC)c1OCC(=O)NC1CCCCC1. The first-order chi connectivity index (χ1) is 21.4. The molecule has 1 saturated carbocycles. The first-order valence-corrected chi connectivity index (χ1v) is 14.9. The van der Waals surface area contributed by atoms with Crippen molar-refractivity contribution in [2.45, 2.75) is 58.0 Å². The molecule has 0 unspecified atom stereocenters. The van der Waals surface area contributed by atoms with Crippen molar-refractivity contribution in [1.82, 2.24) is 15.6 Å². The molecule has 9 heteroatoms. The van der Waals surface area contributed by atoms with Gasteiger partial charge < -0.3 is 24.8 Å². The predicted molar refractivity (Wildman–Crippen MR) is 168 cm³/mol. The summed E-state index contributed by atoms with van der Waals surface area (Å²) < 4.78 is 31.6. The molecule has 0 radical (unpaired) electrons. The van der Waals surface area contributed by atoms with Crippen LogP contribution in [-0.4, -0.2) is 43.7 Å². The fourth-order valence-corrected chi connectivity index (χ4v) is 5.84. The van der Waals surface area contributed by atoms with E-state index < -0.39 is 0 Å². The van der Waals surface area contributed by atoms with Gasteiger partial charge in [-0.05, 0) is 95.6 Å². The highest BCUT2D eigenvalue weighted by atomic mass is 19.1. The monoisotopic (exact) mass is 599 g/mol. The Bertz CT molecular complexity index is 1550. The van der Waals surface area contributed by atoms with Gasteiger partial charge in [0.1, 0.15) is 5.82 Å². The molecule has 2 aromatic carbocycles. The van der Waals surface area contributed by atoms with Gasteiger partial charge in [-0.1, -0.05) is 31.4 Å². The predicted octanol–water partition coefficient (Wildman–Crippen LogP) is 6.10. The lowest BCUT2D eigenvalue weighted by atomic mass is 9.95. The molecule has 1 aromatic heterocycles. The van der Waals surface area contributed by atoms with Gasteiger partial charge in [0, 0.05) is 12.2 Å². The van der Waals surface area contributed by atoms with Crippen molar-refractivity contribution in [1.29, 1.82) is 0 Å². The van der Waals surface area contributed by atoms with Gasteiger partial charge in [-0.2, -0.15) is 0 Å². The number of ether oxygens (including phenoxy) is 3. The number of hydrogen-bond acceptors (Lipinski definition) is 6. The third-order valence-electron chi connectivity index (χ3n) is 8.10. The average Bonchev–Trinajstić information content (AvgIpc) is 3.28. The van der Waals surface area contributed by atoms with Crippen molar-refractivity contribution in [2.24, 2.45) is 0 Å². The molecule has 2 aliphatic carbocycles. The number of aromatic nitrogens is 1. The Morgan fingerprint density at radius 3 is 2.41 bits per heavy atom. The second kappa shape index (κ2) is 14.2. The Hall–Kier alpha value is -4.66. The lowest BCUT2D eigenvalue weighted by molar-refractivity contribution is -0.124. The zero-order valence-corrected chi connectivity index (χ0v) is 25.4. The molecule has 0 bridgehead atoms. The van der Waals surface area contributed by atoms with E-state index in [4.69, 9.17) is 14.2 Å². The van der Waals surface area contributed by atoms with Crippen LogP contribution in [0.4, 0.5) is 4.39 Å². The summed E-state index contributed by atoms with van der Waals surface area (Å²) in [5.41, 5.74) is 5.51. The highest BCUT2D eigenvalue weighted by Crippen LogP contribution is 2.45. The molecule has 5 rings (SSSR count). The Labute approximate surface area is 257 Å². The number of pyridine rings is 1. The van der Waals surface area contributed by atoms with Crippen LogP contribution in [0.1, 0.15) is 67.8 Å². The summed E-state index contributed by atoms with van der Waals surface area (Å²) >= 11 is 0. The summed E-state index contributed by atoms with van der Waals surface area (Å²) in [6.07, 6.45) is 9.16. The van der Waals surface area contributed by atoms with Crippen LogP contribution in [0, 0.1) is 5.82 Å². The minimum absolute atomic E-state index is 0.0921. The molecule has 1 fully saturated rings. The number of allylic oxidation sites excluding steroid dienone is 2. The highest BCUT2D eigenvalue weighted by Gasteiger charge is 2.26. The van der Waals surface area contributed by atoms with E-state index >= 15 is 0 Å². The van der Waals surface area contributed by atoms with Gasteiger partial charge in [0.15, 0.2) is 18.1 Å². The number of carbonyl (C=O) groups is 2. The zero-order chi connectivity index (χ0) is 31.1. The van der Waals surface area contributed by atoms with E-state index in [1.807, 2.05) is 31.2 Å². The Morgan fingerprint density at radius 2 is 1.73 bits per heavy atom. The molecule has 0 saturated heterocycles. The van der Waals surface area contributed by atoms with Crippen LogP contribution in [0.15, 0.2) is 60.3 Å². The van der Waals surface area contributed by atoms with Gasteiger partial charge in [-0.25, -0.2) is 4.39 Å². The minimum Gasteiger partial charge on any atom is -0.493 e. The molecular formula is C35H38FN3O5. The maximum Gasteiger partial charge on any atom is 0.258 e. The summed E-state index contributed by atoms with van der Waals surface area (Å²) in [5, 5.41) is 5.97. The number of fused-ring (bicyclic) bond motifs is 1. The fourth-order valence-electron chi connectivity index (χ4n) is 5.84. The minimum atomic E-state index is -0.374. The number of rotatable bonds is 11. The maximum absolute atomic E-state index is 14.4. The van der Waals surface area contributed by atoms with Crippen LogP contribution < -0.4 is 24.8 Å². The van der Waals surface area contributed by atoms with Crippen molar-refractivity contribution in [3.63, 3.8) is 0 Å². The molecule has 2 N–H and O–H groups in total. The molecule has 230 valence electrons. The number of nitrogens with one attached hydrogen (secondary N) is 2. The lowest BCUT2D eigenvalue weighted by Gasteiger charge is -2.23. The number of nitrogens with zero attached hydrogens (tertiary/aromatic N) is 1. The van der Waals surface area contributed by atoms with Crippen LogP contribution in [-0.2, 0) is 16.1 Å². The van der Waals surface area contributed by atoms with Gasteiger partial charge in [-0.15, -0.1) is 0 Å². The summed E-state index contributed by atoms with van der Waals surface area (Å²) in [6, 6.07) is 13.9. The summed E-state index contributed by atoms with van der Waals surface area (Å²) in [4.78, 5) is 29.8. The Morgan fingerprint density at radius 1 is 0.977 bits per heavy atom. The largest absolute Gasteiger partial charge is 0.493 e. The standard InChI is InChI=1S/C35H38FN3O5/c1-22-28(27-13-12-24(36)18-30(27)29(22)19-33(40)38-20-26-11-7-8-14-37-26)15-23-16-31(42-2)35(32(17-23)43-3)44-21-34(41)39-25-9-5-4-6-10-25/h7-8,11-18,25H,4-6,9-10,19-21H2,1-3H3,(H,38,40)(H,39,41)/b28-15-. The number of halogens is 1.